The van der Waals surface area contributed by atoms with E-state index < -0.39 is 23.6 Å². The highest BCUT2D eigenvalue weighted by atomic mass is 32.1. The SMILES string of the molecule is CC(C)N(CC(=O)N1CCc2sccc2[C@H]1COc1ccccc1F)C(=O)c1cccc(F)c1. The number of carbonyl (C=O) groups excluding carboxylic acids is 2. The molecule has 1 atom stereocenters. The maximum Gasteiger partial charge on any atom is 0.254 e. The molecule has 0 unspecified atom stereocenters. The lowest BCUT2D eigenvalue weighted by molar-refractivity contribution is -0.136. The molecule has 178 valence electrons. The van der Waals surface area contributed by atoms with Gasteiger partial charge in [-0.25, -0.2) is 8.78 Å². The van der Waals surface area contributed by atoms with Gasteiger partial charge in [0.2, 0.25) is 5.91 Å². The summed E-state index contributed by atoms with van der Waals surface area (Å²) in [7, 11) is 0. The second-order valence-corrected chi connectivity index (χ2v) is 9.43. The summed E-state index contributed by atoms with van der Waals surface area (Å²) in [6.07, 6.45) is 0.703. The first-order chi connectivity index (χ1) is 16.3. The van der Waals surface area contributed by atoms with Crippen molar-refractivity contribution in [3.63, 3.8) is 0 Å². The molecule has 0 saturated carbocycles. The molecule has 0 aliphatic carbocycles. The highest BCUT2D eigenvalue weighted by Gasteiger charge is 2.34. The fourth-order valence-corrected chi connectivity index (χ4v) is 5.05. The highest BCUT2D eigenvalue weighted by Crippen LogP contribution is 2.34. The van der Waals surface area contributed by atoms with Crippen LogP contribution in [0.3, 0.4) is 0 Å². The number of amides is 2. The molecule has 0 saturated heterocycles. The summed E-state index contributed by atoms with van der Waals surface area (Å²) in [5.74, 6) is -1.49. The van der Waals surface area contributed by atoms with E-state index >= 15 is 0 Å². The van der Waals surface area contributed by atoms with Gasteiger partial charge in [-0.15, -0.1) is 11.3 Å². The number of para-hydroxylation sites is 1. The van der Waals surface area contributed by atoms with Crippen molar-refractivity contribution in [2.45, 2.75) is 32.4 Å². The maximum absolute atomic E-state index is 14.1. The van der Waals surface area contributed by atoms with Crippen molar-refractivity contribution in [3.05, 3.63) is 87.6 Å². The molecule has 34 heavy (non-hydrogen) atoms. The first-order valence-corrected chi connectivity index (χ1v) is 12.0. The summed E-state index contributed by atoms with van der Waals surface area (Å²) in [6.45, 7) is 4.04. The number of ether oxygens (including phenoxy) is 1. The van der Waals surface area contributed by atoms with Gasteiger partial charge in [0, 0.05) is 23.0 Å². The van der Waals surface area contributed by atoms with E-state index in [-0.39, 0.29) is 36.4 Å². The number of nitrogens with zero attached hydrogens (tertiary/aromatic N) is 2. The van der Waals surface area contributed by atoms with Crippen LogP contribution < -0.4 is 4.74 Å². The number of hydrogen-bond acceptors (Lipinski definition) is 4. The van der Waals surface area contributed by atoms with E-state index in [1.807, 2.05) is 25.3 Å². The Labute approximate surface area is 201 Å². The number of thiophene rings is 1. The molecule has 1 aliphatic rings. The number of carbonyl (C=O) groups is 2. The minimum atomic E-state index is -0.507. The van der Waals surface area contributed by atoms with Gasteiger partial charge < -0.3 is 14.5 Å². The lowest BCUT2D eigenvalue weighted by Gasteiger charge is -2.37. The number of hydrogen-bond donors (Lipinski definition) is 0. The Balaban J connectivity index is 1.54. The number of benzene rings is 2. The Hall–Kier alpha value is -3.26. The number of rotatable bonds is 7. The van der Waals surface area contributed by atoms with Crippen LogP contribution in [0.25, 0.3) is 0 Å². The van der Waals surface area contributed by atoms with E-state index in [0.717, 1.165) is 5.56 Å². The van der Waals surface area contributed by atoms with Gasteiger partial charge in [-0.05, 0) is 67.6 Å². The Bertz CT molecular complexity index is 1180. The smallest absolute Gasteiger partial charge is 0.254 e. The van der Waals surface area contributed by atoms with Gasteiger partial charge in [-0.2, -0.15) is 0 Å². The lowest BCUT2D eigenvalue weighted by Crippen LogP contribution is -2.49. The summed E-state index contributed by atoms with van der Waals surface area (Å²) in [5, 5.41) is 1.97. The summed E-state index contributed by atoms with van der Waals surface area (Å²) in [5.41, 5.74) is 1.17. The molecule has 0 N–H and O–H groups in total. The minimum Gasteiger partial charge on any atom is -0.488 e. The van der Waals surface area contributed by atoms with Crippen molar-refractivity contribution in [3.8, 4) is 5.75 Å². The molecule has 2 amide bonds. The van der Waals surface area contributed by atoms with Crippen LogP contribution in [-0.2, 0) is 11.2 Å². The van der Waals surface area contributed by atoms with E-state index in [0.29, 0.717) is 13.0 Å². The Morgan fingerprint density at radius 3 is 2.68 bits per heavy atom. The largest absolute Gasteiger partial charge is 0.488 e. The van der Waals surface area contributed by atoms with E-state index in [9.17, 15) is 18.4 Å². The van der Waals surface area contributed by atoms with Crippen LogP contribution in [-0.4, -0.2) is 47.4 Å². The molecule has 0 spiro atoms. The predicted octanol–water partition coefficient (Wildman–Crippen LogP) is 5.08. The lowest BCUT2D eigenvalue weighted by atomic mass is 10.00. The molecule has 1 aromatic heterocycles. The normalized spacial score (nSPS) is 15.2. The van der Waals surface area contributed by atoms with Crippen LogP contribution in [0.2, 0.25) is 0 Å². The standard InChI is InChI=1S/C26H26F2N2O3S/c1-17(2)30(26(32)18-6-5-7-19(27)14-18)15-25(31)29-12-10-24-20(11-13-34-24)22(29)16-33-23-9-4-3-8-21(23)28/h3-9,11,13-14,17,22H,10,12,15-16H2,1-2H3/t22-/m1/s1. The summed E-state index contributed by atoms with van der Waals surface area (Å²) < 4.78 is 33.6. The van der Waals surface area contributed by atoms with Gasteiger partial charge >= 0.3 is 0 Å². The zero-order valence-electron chi connectivity index (χ0n) is 19.0. The molecule has 0 fully saturated rings. The van der Waals surface area contributed by atoms with Gasteiger partial charge in [0.05, 0.1) is 6.04 Å². The second-order valence-electron chi connectivity index (χ2n) is 8.43. The minimum absolute atomic E-state index is 0.0932. The average Bonchev–Trinajstić information content (AvgIpc) is 3.30. The quantitative estimate of drug-likeness (QED) is 0.470. The first kappa shape index (κ1) is 23.9. The van der Waals surface area contributed by atoms with Crippen LogP contribution >= 0.6 is 11.3 Å². The van der Waals surface area contributed by atoms with E-state index in [4.69, 9.17) is 4.74 Å². The van der Waals surface area contributed by atoms with Gasteiger partial charge in [0.1, 0.15) is 19.0 Å². The van der Waals surface area contributed by atoms with Crippen molar-refractivity contribution >= 4 is 23.2 Å². The van der Waals surface area contributed by atoms with E-state index in [1.165, 1.54) is 40.1 Å². The monoisotopic (exact) mass is 484 g/mol. The Kier molecular flexibility index (Phi) is 7.26. The molecule has 3 aromatic rings. The molecule has 0 bridgehead atoms. The second kappa shape index (κ2) is 10.3. The van der Waals surface area contributed by atoms with Crippen molar-refractivity contribution in [2.75, 3.05) is 19.7 Å². The van der Waals surface area contributed by atoms with Crippen molar-refractivity contribution < 1.29 is 23.1 Å². The molecule has 5 nitrogen and oxygen atoms in total. The molecule has 4 rings (SSSR count). The van der Waals surface area contributed by atoms with Crippen molar-refractivity contribution in [1.29, 1.82) is 0 Å². The number of halogens is 2. The summed E-state index contributed by atoms with van der Waals surface area (Å²) >= 11 is 1.62. The third-order valence-corrected chi connectivity index (χ3v) is 6.91. The fourth-order valence-electron chi connectivity index (χ4n) is 4.12. The number of fused-ring (bicyclic) bond motifs is 1. The van der Waals surface area contributed by atoms with Gasteiger partial charge in [0.15, 0.2) is 11.6 Å². The molecular formula is C26H26F2N2O3S. The van der Waals surface area contributed by atoms with Gasteiger partial charge in [-0.1, -0.05) is 18.2 Å². The van der Waals surface area contributed by atoms with Gasteiger partial charge in [0.25, 0.3) is 5.91 Å². The molecule has 0 radical (unpaired) electrons. The fraction of sp³-hybridized carbons (Fsp3) is 0.308. The average molecular weight is 485 g/mol. The first-order valence-electron chi connectivity index (χ1n) is 11.1. The third-order valence-electron chi connectivity index (χ3n) is 5.91. The van der Waals surface area contributed by atoms with Crippen LogP contribution in [0.1, 0.15) is 40.7 Å². The third kappa shape index (κ3) is 5.12. The topological polar surface area (TPSA) is 49.9 Å². The zero-order chi connectivity index (χ0) is 24.2. The van der Waals surface area contributed by atoms with Crippen molar-refractivity contribution in [1.82, 2.24) is 9.80 Å². The van der Waals surface area contributed by atoms with E-state index in [1.54, 1.807) is 34.4 Å². The molecule has 2 aromatic carbocycles. The van der Waals surface area contributed by atoms with Crippen LogP contribution in [0.5, 0.6) is 5.75 Å². The molecular weight excluding hydrogens is 458 g/mol. The molecule has 1 aliphatic heterocycles. The zero-order valence-corrected chi connectivity index (χ0v) is 19.9. The van der Waals surface area contributed by atoms with Crippen LogP contribution in [0.4, 0.5) is 8.78 Å². The predicted molar refractivity (Wildman–Crippen MR) is 127 cm³/mol. The van der Waals surface area contributed by atoms with Crippen LogP contribution in [0, 0.1) is 11.6 Å². The maximum atomic E-state index is 14.1. The van der Waals surface area contributed by atoms with Crippen molar-refractivity contribution in [2.24, 2.45) is 0 Å². The highest BCUT2D eigenvalue weighted by molar-refractivity contribution is 7.10. The van der Waals surface area contributed by atoms with Gasteiger partial charge in [-0.3, -0.25) is 9.59 Å². The van der Waals surface area contributed by atoms with E-state index in [2.05, 4.69) is 0 Å². The Morgan fingerprint density at radius 1 is 1.15 bits per heavy atom. The Morgan fingerprint density at radius 2 is 1.94 bits per heavy atom. The summed E-state index contributed by atoms with van der Waals surface area (Å²) in [4.78, 5) is 30.8. The van der Waals surface area contributed by atoms with Crippen LogP contribution in [0.15, 0.2) is 60.0 Å². The molecule has 2 heterocycles. The summed E-state index contributed by atoms with van der Waals surface area (Å²) in [6, 6.07) is 12.9. The molecule has 8 heteroatoms.